The molecular weight excluding hydrogens is 458 g/mol. The highest BCUT2D eigenvalue weighted by Crippen LogP contribution is 2.36. The largest absolute Gasteiger partial charge is 0.497 e. The van der Waals surface area contributed by atoms with Crippen molar-refractivity contribution >= 4 is 49.7 Å². The molecule has 156 valence electrons. The minimum absolute atomic E-state index is 0.145. The van der Waals surface area contributed by atoms with Gasteiger partial charge in [-0.15, -0.1) is 0 Å². The Morgan fingerprint density at radius 2 is 1.90 bits per heavy atom. The first kappa shape index (κ1) is 19.8. The number of amides is 2. The zero-order valence-electron chi connectivity index (χ0n) is 16.9. The number of nitrogens with zero attached hydrogens (tertiary/aromatic N) is 3. The number of aromatic nitrogens is 2. The van der Waals surface area contributed by atoms with Crippen LogP contribution in [0.25, 0.3) is 21.9 Å². The fourth-order valence-electron chi connectivity index (χ4n) is 4.30. The SMILES string of the molecule is COc1ccc(CN2C(=O)CCC(n3c4ccc(Br)cc4c4cccnc43)C2=O)cc1. The summed E-state index contributed by atoms with van der Waals surface area (Å²) in [6, 6.07) is 16.9. The summed E-state index contributed by atoms with van der Waals surface area (Å²) in [7, 11) is 1.61. The molecule has 31 heavy (non-hydrogen) atoms. The molecule has 1 unspecified atom stereocenters. The van der Waals surface area contributed by atoms with Crippen molar-refractivity contribution < 1.29 is 14.3 Å². The third-order valence-corrected chi connectivity index (χ3v) is 6.31. The third-order valence-electron chi connectivity index (χ3n) is 5.82. The molecule has 0 aliphatic carbocycles. The Balaban J connectivity index is 1.56. The zero-order chi connectivity index (χ0) is 21.5. The minimum Gasteiger partial charge on any atom is -0.497 e. The summed E-state index contributed by atoms with van der Waals surface area (Å²) in [6.45, 7) is 0.244. The molecule has 0 saturated carbocycles. The van der Waals surface area contributed by atoms with Crippen molar-refractivity contribution in [2.45, 2.75) is 25.4 Å². The molecule has 1 atom stereocenters. The summed E-state index contributed by atoms with van der Waals surface area (Å²) < 4.78 is 8.16. The second-order valence-electron chi connectivity index (χ2n) is 7.63. The van der Waals surface area contributed by atoms with Gasteiger partial charge in [-0.3, -0.25) is 14.5 Å². The lowest BCUT2D eigenvalue weighted by Gasteiger charge is -2.32. The van der Waals surface area contributed by atoms with Crippen LogP contribution in [0.3, 0.4) is 0 Å². The van der Waals surface area contributed by atoms with Crippen molar-refractivity contribution in [3.05, 3.63) is 70.8 Å². The Labute approximate surface area is 187 Å². The Bertz CT molecular complexity index is 1310. The number of methoxy groups -OCH3 is 1. The van der Waals surface area contributed by atoms with Gasteiger partial charge >= 0.3 is 0 Å². The van der Waals surface area contributed by atoms with Gasteiger partial charge in [0.15, 0.2) is 0 Å². The van der Waals surface area contributed by atoms with Crippen LogP contribution < -0.4 is 4.74 Å². The van der Waals surface area contributed by atoms with Gasteiger partial charge in [0.25, 0.3) is 5.91 Å². The quantitative estimate of drug-likeness (QED) is 0.394. The highest BCUT2D eigenvalue weighted by Gasteiger charge is 2.37. The number of likely N-dealkylation sites (tertiary alicyclic amines) is 1. The molecule has 1 saturated heterocycles. The summed E-state index contributed by atoms with van der Waals surface area (Å²) >= 11 is 3.54. The van der Waals surface area contributed by atoms with E-state index in [4.69, 9.17) is 4.74 Å². The zero-order valence-corrected chi connectivity index (χ0v) is 18.5. The molecule has 0 radical (unpaired) electrons. The first-order chi connectivity index (χ1) is 15.1. The first-order valence-corrected chi connectivity index (χ1v) is 10.9. The van der Waals surface area contributed by atoms with Crippen LogP contribution in [0.4, 0.5) is 0 Å². The molecule has 2 amide bonds. The van der Waals surface area contributed by atoms with Crippen molar-refractivity contribution in [3.63, 3.8) is 0 Å². The topological polar surface area (TPSA) is 64.4 Å². The van der Waals surface area contributed by atoms with Crippen molar-refractivity contribution in [3.8, 4) is 5.75 Å². The van der Waals surface area contributed by atoms with Gasteiger partial charge in [0.2, 0.25) is 5.91 Å². The van der Waals surface area contributed by atoms with E-state index in [2.05, 4.69) is 20.9 Å². The Morgan fingerprint density at radius 3 is 2.68 bits per heavy atom. The summed E-state index contributed by atoms with van der Waals surface area (Å²) in [5.74, 6) is 0.397. The molecule has 0 bridgehead atoms. The number of rotatable bonds is 4. The highest BCUT2D eigenvalue weighted by atomic mass is 79.9. The molecule has 1 fully saturated rings. The molecule has 5 rings (SSSR count). The van der Waals surface area contributed by atoms with Gasteiger partial charge in [-0.1, -0.05) is 28.1 Å². The maximum Gasteiger partial charge on any atom is 0.252 e. The van der Waals surface area contributed by atoms with Crippen molar-refractivity contribution in [1.29, 1.82) is 0 Å². The number of pyridine rings is 1. The smallest absolute Gasteiger partial charge is 0.252 e. The number of carbonyl (C=O) groups is 2. The lowest BCUT2D eigenvalue weighted by atomic mass is 10.0. The van der Waals surface area contributed by atoms with Crippen molar-refractivity contribution in [2.24, 2.45) is 0 Å². The van der Waals surface area contributed by atoms with Gasteiger partial charge < -0.3 is 9.30 Å². The predicted molar refractivity (Wildman–Crippen MR) is 122 cm³/mol. The van der Waals surface area contributed by atoms with Gasteiger partial charge in [-0.2, -0.15) is 0 Å². The molecule has 2 aromatic carbocycles. The van der Waals surface area contributed by atoms with Crippen LogP contribution in [0.1, 0.15) is 24.4 Å². The lowest BCUT2D eigenvalue weighted by Crippen LogP contribution is -2.45. The Hall–Kier alpha value is -3.19. The molecule has 1 aliphatic rings. The normalized spacial score (nSPS) is 17.0. The van der Waals surface area contributed by atoms with E-state index in [1.165, 1.54) is 4.90 Å². The van der Waals surface area contributed by atoms with Crippen LogP contribution in [0.2, 0.25) is 0 Å². The number of hydrogen-bond donors (Lipinski definition) is 0. The van der Waals surface area contributed by atoms with Crippen LogP contribution >= 0.6 is 15.9 Å². The second kappa shape index (κ2) is 7.81. The fraction of sp³-hybridized carbons (Fsp3) is 0.208. The highest BCUT2D eigenvalue weighted by molar-refractivity contribution is 9.10. The average molecular weight is 478 g/mol. The standard InChI is InChI=1S/C24H20BrN3O3/c1-31-17-7-4-15(5-8-17)14-27-22(29)11-10-21(24(27)30)28-20-9-6-16(25)13-19(20)18-3-2-12-26-23(18)28/h2-9,12-13,21H,10-11,14H2,1H3. The molecule has 0 N–H and O–H groups in total. The van der Waals surface area contributed by atoms with E-state index in [1.807, 2.05) is 59.2 Å². The van der Waals surface area contributed by atoms with E-state index in [0.717, 1.165) is 37.7 Å². The van der Waals surface area contributed by atoms with Crippen LogP contribution in [0.5, 0.6) is 5.75 Å². The van der Waals surface area contributed by atoms with Gasteiger partial charge in [0.1, 0.15) is 17.4 Å². The number of fused-ring (bicyclic) bond motifs is 3. The molecule has 7 heteroatoms. The van der Waals surface area contributed by atoms with Gasteiger partial charge in [0, 0.05) is 27.9 Å². The van der Waals surface area contributed by atoms with Crippen LogP contribution in [-0.4, -0.2) is 33.4 Å². The van der Waals surface area contributed by atoms with E-state index in [9.17, 15) is 9.59 Å². The van der Waals surface area contributed by atoms with Crippen LogP contribution in [0.15, 0.2) is 65.3 Å². The summed E-state index contributed by atoms with van der Waals surface area (Å²) in [4.78, 5) is 32.2. The number of halogens is 1. The van der Waals surface area contributed by atoms with Gasteiger partial charge in [0.05, 0.1) is 19.2 Å². The predicted octanol–water partition coefficient (Wildman–Crippen LogP) is 4.85. The van der Waals surface area contributed by atoms with Crippen LogP contribution in [-0.2, 0) is 16.1 Å². The number of imide groups is 1. The molecule has 6 nitrogen and oxygen atoms in total. The summed E-state index contributed by atoms with van der Waals surface area (Å²) in [5.41, 5.74) is 2.58. The van der Waals surface area contributed by atoms with E-state index in [0.29, 0.717) is 12.8 Å². The summed E-state index contributed by atoms with van der Waals surface area (Å²) in [5, 5.41) is 2.02. The van der Waals surface area contributed by atoms with Crippen LogP contribution in [0, 0.1) is 0 Å². The molecule has 4 aromatic rings. The fourth-order valence-corrected chi connectivity index (χ4v) is 4.66. The minimum atomic E-state index is -0.480. The third kappa shape index (κ3) is 3.39. The lowest BCUT2D eigenvalue weighted by molar-refractivity contribution is -0.151. The molecule has 0 spiro atoms. The number of piperidine rings is 1. The van der Waals surface area contributed by atoms with E-state index < -0.39 is 6.04 Å². The number of carbonyl (C=O) groups excluding carboxylic acids is 2. The number of ether oxygens (including phenoxy) is 1. The summed E-state index contributed by atoms with van der Waals surface area (Å²) in [6.07, 6.45) is 2.51. The van der Waals surface area contributed by atoms with E-state index >= 15 is 0 Å². The molecule has 1 aliphatic heterocycles. The maximum atomic E-state index is 13.5. The van der Waals surface area contributed by atoms with E-state index in [1.54, 1.807) is 13.3 Å². The molecule has 3 heterocycles. The molecule has 2 aromatic heterocycles. The van der Waals surface area contributed by atoms with Gasteiger partial charge in [-0.25, -0.2) is 4.98 Å². The van der Waals surface area contributed by atoms with E-state index in [-0.39, 0.29) is 18.4 Å². The number of benzene rings is 2. The molecular formula is C24H20BrN3O3. The number of hydrogen-bond acceptors (Lipinski definition) is 4. The second-order valence-corrected chi connectivity index (χ2v) is 8.54. The van der Waals surface area contributed by atoms with Gasteiger partial charge in [-0.05, 0) is 54.4 Å². The first-order valence-electron chi connectivity index (χ1n) is 10.1. The monoisotopic (exact) mass is 477 g/mol. The van der Waals surface area contributed by atoms with Crippen molar-refractivity contribution in [1.82, 2.24) is 14.5 Å². The van der Waals surface area contributed by atoms with Crippen molar-refractivity contribution in [2.75, 3.05) is 7.11 Å². The average Bonchev–Trinajstić information content (AvgIpc) is 3.11. The Morgan fingerprint density at radius 1 is 1.10 bits per heavy atom. The maximum absolute atomic E-state index is 13.5. The Kier molecular flexibility index (Phi) is 4.98.